The van der Waals surface area contributed by atoms with Gasteiger partial charge in [-0.15, -0.1) is 0 Å². The van der Waals surface area contributed by atoms with Gasteiger partial charge in [0, 0.05) is 12.7 Å². The summed E-state index contributed by atoms with van der Waals surface area (Å²) in [5.41, 5.74) is -1.37. The summed E-state index contributed by atoms with van der Waals surface area (Å²) in [7, 11) is 3.10. The second-order valence-corrected chi connectivity index (χ2v) is 9.05. The topological polar surface area (TPSA) is 117 Å². The van der Waals surface area contributed by atoms with Crippen LogP contribution in [0.2, 0.25) is 0 Å². The number of amides is 3. The van der Waals surface area contributed by atoms with Crippen LogP contribution in [0, 0.1) is 11.8 Å². The minimum Gasteiger partial charge on any atom is -0.497 e. The highest BCUT2D eigenvalue weighted by Gasteiger charge is 2.78. The third-order valence-electron chi connectivity index (χ3n) is 7.42. The molecule has 9 heteroatoms. The molecule has 0 radical (unpaired) electrons. The standard InChI is InChI=1S/C23H31N3O6/c1-5-14(12-27)26-18(20(29)25-13-6-8-15(31-4)9-7-13)23-11-10-22(2,32-23)16(19(28)24-3)17(23)21(26)30/h6-9,14,16-18,27H,5,10-12H2,1-4H3,(H,24,28)(H,25,29)/t14-,16-,17-,18?,22+,23?/m0/s1. The molecule has 3 fully saturated rings. The number of carbonyl (C=O) groups excluding carboxylic acids is 3. The van der Waals surface area contributed by atoms with Gasteiger partial charge in [0.2, 0.25) is 17.7 Å². The summed E-state index contributed by atoms with van der Waals surface area (Å²) in [6.07, 6.45) is 1.54. The molecule has 0 saturated carbocycles. The van der Waals surface area contributed by atoms with E-state index in [0.29, 0.717) is 30.7 Å². The number of rotatable bonds is 7. The van der Waals surface area contributed by atoms with Crippen molar-refractivity contribution in [2.24, 2.45) is 11.8 Å². The number of fused-ring (bicyclic) bond motifs is 1. The van der Waals surface area contributed by atoms with Gasteiger partial charge in [-0.25, -0.2) is 0 Å². The molecular formula is C23H31N3O6. The fourth-order valence-corrected chi connectivity index (χ4v) is 5.91. The lowest BCUT2D eigenvalue weighted by Crippen LogP contribution is -2.56. The van der Waals surface area contributed by atoms with E-state index in [1.807, 2.05) is 13.8 Å². The maximum Gasteiger partial charge on any atom is 0.250 e. The van der Waals surface area contributed by atoms with Crippen LogP contribution in [0.25, 0.3) is 0 Å². The molecule has 4 rings (SSSR count). The van der Waals surface area contributed by atoms with E-state index in [1.165, 1.54) is 11.9 Å². The Morgan fingerprint density at radius 1 is 1.28 bits per heavy atom. The summed E-state index contributed by atoms with van der Waals surface area (Å²) in [5.74, 6) is -1.76. The Labute approximate surface area is 187 Å². The van der Waals surface area contributed by atoms with Gasteiger partial charge in [0.1, 0.15) is 17.4 Å². The zero-order chi connectivity index (χ0) is 23.3. The fourth-order valence-electron chi connectivity index (χ4n) is 5.91. The molecule has 3 aliphatic rings. The van der Waals surface area contributed by atoms with E-state index in [1.54, 1.807) is 31.4 Å². The third kappa shape index (κ3) is 3.09. The van der Waals surface area contributed by atoms with Crippen molar-refractivity contribution in [2.45, 2.75) is 56.4 Å². The maximum absolute atomic E-state index is 13.7. The van der Waals surface area contributed by atoms with Crippen molar-refractivity contribution in [1.29, 1.82) is 0 Å². The Morgan fingerprint density at radius 3 is 2.53 bits per heavy atom. The molecule has 0 aromatic heterocycles. The van der Waals surface area contributed by atoms with Gasteiger partial charge in [-0.2, -0.15) is 0 Å². The number of aliphatic hydroxyl groups is 1. The van der Waals surface area contributed by atoms with Crippen LogP contribution in [0.15, 0.2) is 24.3 Å². The SMILES string of the molecule is CC[C@@H](CO)N1C(=O)[C@@H]2[C@@H](C(=O)NC)[C@@]3(C)CCC2(O3)C1C(=O)Nc1ccc(OC)cc1. The number of aliphatic hydroxyl groups excluding tert-OH is 1. The molecule has 2 unspecified atom stereocenters. The average Bonchev–Trinajstić information content (AvgIpc) is 3.36. The first-order valence-electron chi connectivity index (χ1n) is 11.1. The van der Waals surface area contributed by atoms with E-state index in [4.69, 9.17) is 9.47 Å². The second-order valence-electron chi connectivity index (χ2n) is 9.05. The molecule has 1 aromatic carbocycles. The summed E-state index contributed by atoms with van der Waals surface area (Å²) in [4.78, 5) is 41.6. The summed E-state index contributed by atoms with van der Waals surface area (Å²) < 4.78 is 11.6. The molecule has 9 nitrogen and oxygen atoms in total. The van der Waals surface area contributed by atoms with E-state index < -0.39 is 35.1 Å². The first-order chi connectivity index (χ1) is 15.3. The minimum atomic E-state index is -1.11. The molecule has 6 atom stereocenters. The van der Waals surface area contributed by atoms with Crippen LogP contribution < -0.4 is 15.4 Å². The Bertz CT molecular complexity index is 917. The highest BCUT2D eigenvalue weighted by Crippen LogP contribution is 2.63. The Balaban J connectivity index is 1.74. The highest BCUT2D eigenvalue weighted by molar-refractivity contribution is 6.03. The lowest BCUT2D eigenvalue weighted by atomic mass is 9.66. The monoisotopic (exact) mass is 445 g/mol. The average molecular weight is 446 g/mol. The van der Waals surface area contributed by atoms with Crippen molar-refractivity contribution >= 4 is 23.4 Å². The van der Waals surface area contributed by atoms with Gasteiger partial charge in [0.25, 0.3) is 0 Å². The van der Waals surface area contributed by atoms with E-state index >= 15 is 0 Å². The number of benzene rings is 1. The number of ether oxygens (including phenoxy) is 2. The first kappa shape index (κ1) is 22.5. The number of likely N-dealkylation sites (tertiary alicyclic amines) is 1. The quantitative estimate of drug-likeness (QED) is 0.575. The number of methoxy groups -OCH3 is 1. The Morgan fingerprint density at radius 2 is 1.97 bits per heavy atom. The summed E-state index contributed by atoms with van der Waals surface area (Å²) in [6, 6.07) is 5.41. The molecule has 32 heavy (non-hydrogen) atoms. The maximum atomic E-state index is 13.7. The van der Waals surface area contributed by atoms with Crippen LogP contribution in [-0.4, -0.2) is 71.8 Å². The van der Waals surface area contributed by atoms with Crippen molar-refractivity contribution in [3.05, 3.63) is 24.3 Å². The molecule has 3 aliphatic heterocycles. The Kier molecular flexibility index (Phi) is 5.67. The van der Waals surface area contributed by atoms with Crippen LogP contribution in [0.4, 0.5) is 5.69 Å². The van der Waals surface area contributed by atoms with Gasteiger partial charge in [0.05, 0.1) is 37.2 Å². The predicted octanol–water partition coefficient (Wildman–Crippen LogP) is 0.915. The zero-order valence-corrected chi connectivity index (χ0v) is 18.9. The first-order valence-corrected chi connectivity index (χ1v) is 11.1. The Hall–Kier alpha value is -2.65. The molecule has 0 aliphatic carbocycles. The fraction of sp³-hybridized carbons (Fsp3) is 0.609. The lowest BCUT2D eigenvalue weighted by molar-refractivity contribution is -0.147. The van der Waals surface area contributed by atoms with Crippen molar-refractivity contribution < 1.29 is 29.0 Å². The molecule has 1 spiro atoms. The molecule has 3 amide bonds. The van der Waals surface area contributed by atoms with Gasteiger partial charge in [-0.05, 0) is 50.5 Å². The number of nitrogens with zero attached hydrogens (tertiary/aromatic N) is 1. The second kappa shape index (κ2) is 8.04. The predicted molar refractivity (Wildman–Crippen MR) is 116 cm³/mol. The summed E-state index contributed by atoms with van der Waals surface area (Å²) >= 11 is 0. The highest BCUT2D eigenvalue weighted by atomic mass is 16.5. The van der Waals surface area contributed by atoms with Gasteiger partial charge in [-0.1, -0.05) is 6.92 Å². The largest absolute Gasteiger partial charge is 0.497 e. The molecule has 3 N–H and O–H groups in total. The number of hydrogen-bond acceptors (Lipinski definition) is 6. The molecule has 174 valence electrons. The van der Waals surface area contributed by atoms with Crippen LogP contribution in [0.5, 0.6) is 5.75 Å². The van der Waals surface area contributed by atoms with Gasteiger partial charge in [-0.3, -0.25) is 14.4 Å². The van der Waals surface area contributed by atoms with Crippen molar-refractivity contribution in [1.82, 2.24) is 10.2 Å². The van der Waals surface area contributed by atoms with Gasteiger partial charge in [0.15, 0.2) is 0 Å². The zero-order valence-electron chi connectivity index (χ0n) is 18.9. The summed E-state index contributed by atoms with van der Waals surface area (Å²) in [5, 5.41) is 15.6. The van der Waals surface area contributed by atoms with E-state index in [-0.39, 0.29) is 24.3 Å². The van der Waals surface area contributed by atoms with Crippen molar-refractivity contribution in [3.8, 4) is 5.75 Å². The van der Waals surface area contributed by atoms with Crippen LogP contribution >= 0.6 is 0 Å². The number of carbonyl (C=O) groups is 3. The third-order valence-corrected chi connectivity index (χ3v) is 7.42. The number of nitrogens with one attached hydrogen (secondary N) is 2. The van der Waals surface area contributed by atoms with Crippen molar-refractivity contribution in [3.63, 3.8) is 0 Å². The normalized spacial score (nSPS) is 33.7. The number of hydrogen-bond donors (Lipinski definition) is 3. The van der Waals surface area contributed by atoms with Gasteiger partial charge < -0.3 is 30.1 Å². The van der Waals surface area contributed by atoms with E-state index in [2.05, 4.69) is 10.6 Å². The van der Waals surface area contributed by atoms with Gasteiger partial charge >= 0.3 is 0 Å². The van der Waals surface area contributed by atoms with Crippen molar-refractivity contribution in [2.75, 3.05) is 26.1 Å². The summed E-state index contributed by atoms with van der Waals surface area (Å²) in [6.45, 7) is 3.42. The molecular weight excluding hydrogens is 414 g/mol. The molecule has 2 bridgehead atoms. The van der Waals surface area contributed by atoms with E-state index in [9.17, 15) is 19.5 Å². The van der Waals surface area contributed by atoms with Crippen LogP contribution in [0.3, 0.4) is 0 Å². The number of anilines is 1. The van der Waals surface area contributed by atoms with Crippen LogP contribution in [-0.2, 0) is 19.1 Å². The lowest BCUT2D eigenvalue weighted by Gasteiger charge is -2.36. The smallest absolute Gasteiger partial charge is 0.250 e. The van der Waals surface area contributed by atoms with E-state index in [0.717, 1.165) is 0 Å². The minimum absolute atomic E-state index is 0.263. The molecule has 3 saturated heterocycles. The molecule has 3 heterocycles. The molecule has 1 aromatic rings. The van der Waals surface area contributed by atoms with Crippen LogP contribution in [0.1, 0.15) is 33.1 Å².